The SMILES string of the molecule is C1=CCCCCC2CC2CCCCC1. The fourth-order valence-corrected chi connectivity index (χ4v) is 2.77. The normalized spacial score (nSPS) is 34.9. The van der Waals surface area contributed by atoms with Gasteiger partial charge in [0.2, 0.25) is 0 Å². The van der Waals surface area contributed by atoms with Gasteiger partial charge in [-0.05, 0) is 43.9 Å². The largest absolute Gasteiger partial charge is 0.0885 e. The van der Waals surface area contributed by atoms with Crippen molar-refractivity contribution in [2.45, 2.75) is 64.2 Å². The maximum absolute atomic E-state index is 2.41. The number of allylic oxidation sites excluding steroid dienone is 2. The molecule has 0 amide bonds. The van der Waals surface area contributed by atoms with Gasteiger partial charge in [-0.2, -0.15) is 0 Å². The van der Waals surface area contributed by atoms with E-state index in [9.17, 15) is 0 Å². The minimum absolute atomic E-state index is 1.14. The van der Waals surface area contributed by atoms with E-state index < -0.39 is 0 Å². The first-order chi connectivity index (χ1) is 6.97. The van der Waals surface area contributed by atoms with Crippen LogP contribution < -0.4 is 0 Å². The maximum atomic E-state index is 2.41. The molecule has 0 spiro atoms. The summed E-state index contributed by atoms with van der Waals surface area (Å²) in [5.41, 5.74) is 0. The lowest BCUT2D eigenvalue weighted by Gasteiger charge is -1.99. The van der Waals surface area contributed by atoms with E-state index in [1.54, 1.807) is 6.42 Å². The summed E-state index contributed by atoms with van der Waals surface area (Å²) in [6.07, 6.45) is 19.4. The third kappa shape index (κ3) is 3.48. The van der Waals surface area contributed by atoms with Crippen molar-refractivity contribution in [3.8, 4) is 0 Å². The second kappa shape index (κ2) is 5.58. The molecule has 0 aromatic heterocycles. The Balaban J connectivity index is 1.69. The lowest BCUT2D eigenvalue weighted by Crippen LogP contribution is -1.85. The van der Waals surface area contributed by atoms with Crippen molar-refractivity contribution in [2.24, 2.45) is 11.8 Å². The molecule has 0 bridgehead atoms. The minimum atomic E-state index is 1.14. The van der Waals surface area contributed by atoms with Gasteiger partial charge in [0.15, 0.2) is 0 Å². The zero-order valence-corrected chi connectivity index (χ0v) is 9.38. The molecular weight excluding hydrogens is 168 g/mol. The Morgan fingerprint density at radius 3 is 1.93 bits per heavy atom. The fourth-order valence-electron chi connectivity index (χ4n) is 2.77. The Morgan fingerprint density at radius 2 is 1.21 bits per heavy atom. The molecule has 2 rings (SSSR count). The van der Waals surface area contributed by atoms with Crippen molar-refractivity contribution in [3.05, 3.63) is 12.2 Å². The van der Waals surface area contributed by atoms with Gasteiger partial charge in [-0.15, -0.1) is 0 Å². The highest BCUT2D eigenvalue weighted by molar-refractivity contribution is 4.87. The Bertz CT molecular complexity index is 180. The zero-order valence-electron chi connectivity index (χ0n) is 9.38. The number of hydrogen-bond donors (Lipinski definition) is 0. The molecule has 0 N–H and O–H groups in total. The topological polar surface area (TPSA) is 0 Å². The Kier molecular flexibility index (Phi) is 4.09. The van der Waals surface area contributed by atoms with Crippen LogP contribution in [0.25, 0.3) is 0 Å². The van der Waals surface area contributed by atoms with Crippen molar-refractivity contribution < 1.29 is 0 Å². The molecule has 14 heavy (non-hydrogen) atoms. The van der Waals surface area contributed by atoms with Crippen LogP contribution in [-0.4, -0.2) is 0 Å². The fraction of sp³-hybridized carbons (Fsp3) is 0.857. The summed E-state index contributed by atoms with van der Waals surface area (Å²) >= 11 is 0. The zero-order chi connectivity index (χ0) is 9.64. The molecule has 2 atom stereocenters. The van der Waals surface area contributed by atoms with E-state index in [1.807, 2.05) is 0 Å². The summed E-state index contributed by atoms with van der Waals surface area (Å²) in [6.45, 7) is 0. The molecule has 0 heterocycles. The van der Waals surface area contributed by atoms with Gasteiger partial charge in [0.05, 0.1) is 0 Å². The van der Waals surface area contributed by atoms with E-state index in [4.69, 9.17) is 0 Å². The molecular formula is C14H24. The van der Waals surface area contributed by atoms with Gasteiger partial charge in [-0.3, -0.25) is 0 Å². The standard InChI is InChI=1S/C14H24/c1-2-4-6-8-10-13-12-14(13)11-9-7-5-3-1/h1-2,13-14H,3-12H2. The summed E-state index contributed by atoms with van der Waals surface area (Å²) in [5.74, 6) is 2.28. The molecule has 0 aliphatic heterocycles. The first-order valence-electron chi connectivity index (χ1n) is 6.62. The predicted octanol–water partition coefficient (Wildman–Crippen LogP) is 4.70. The van der Waals surface area contributed by atoms with Crippen molar-refractivity contribution in [2.75, 3.05) is 0 Å². The second-order valence-corrected chi connectivity index (χ2v) is 5.15. The maximum Gasteiger partial charge on any atom is -0.0351 e. The molecule has 2 unspecified atom stereocenters. The van der Waals surface area contributed by atoms with Crippen LogP contribution >= 0.6 is 0 Å². The average molecular weight is 192 g/mol. The predicted molar refractivity (Wildman–Crippen MR) is 62.3 cm³/mol. The van der Waals surface area contributed by atoms with Gasteiger partial charge in [-0.25, -0.2) is 0 Å². The summed E-state index contributed by atoms with van der Waals surface area (Å²) < 4.78 is 0. The molecule has 1 saturated carbocycles. The quantitative estimate of drug-likeness (QED) is 0.488. The van der Waals surface area contributed by atoms with Crippen molar-refractivity contribution in [1.82, 2.24) is 0 Å². The molecule has 0 saturated heterocycles. The highest BCUT2D eigenvalue weighted by atomic mass is 14.4. The molecule has 0 nitrogen and oxygen atoms in total. The van der Waals surface area contributed by atoms with Crippen LogP contribution in [0.2, 0.25) is 0 Å². The molecule has 0 radical (unpaired) electrons. The van der Waals surface area contributed by atoms with Crippen LogP contribution in [-0.2, 0) is 0 Å². The summed E-state index contributed by atoms with van der Waals surface area (Å²) in [7, 11) is 0. The van der Waals surface area contributed by atoms with Crippen LogP contribution in [0.4, 0.5) is 0 Å². The van der Waals surface area contributed by atoms with Crippen LogP contribution in [0.1, 0.15) is 64.2 Å². The summed E-state index contributed by atoms with van der Waals surface area (Å²) in [6, 6.07) is 0. The van der Waals surface area contributed by atoms with E-state index in [0.29, 0.717) is 0 Å². The van der Waals surface area contributed by atoms with Gasteiger partial charge >= 0.3 is 0 Å². The molecule has 2 aliphatic rings. The second-order valence-electron chi connectivity index (χ2n) is 5.15. The highest BCUT2D eigenvalue weighted by Crippen LogP contribution is 2.45. The van der Waals surface area contributed by atoms with Crippen LogP contribution in [0.3, 0.4) is 0 Å². The lowest BCUT2D eigenvalue weighted by atomic mass is 10.1. The van der Waals surface area contributed by atoms with E-state index in [0.717, 1.165) is 11.8 Å². The number of rotatable bonds is 0. The van der Waals surface area contributed by atoms with E-state index in [-0.39, 0.29) is 0 Å². The van der Waals surface area contributed by atoms with Gasteiger partial charge in [-0.1, -0.05) is 44.3 Å². The smallest absolute Gasteiger partial charge is 0.0351 e. The summed E-state index contributed by atoms with van der Waals surface area (Å²) in [5, 5.41) is 0. The van der Waals surface area contributed by atoms with E-state index in [2.05, 4.69) is 12.2 Å². The molecule has 2 aliphatic carbocycles. The average Bonchev–Trinajstić information content (AvgIpc) is 2.92. The molecule has 0 aromatic carbocycles. The molecule has 0 aromatic rings. The molecule has 1 fully saturated rings. The first-order valence-corrected chi connectivity index (χ1v) is 6.62. The van der Waals surface area contributed by atoms with Crippen LogP contribution in [0.15, 0.2) is 12.2 Å². The number of hydrogen-bond acceptors (Lipinski definition) is 0. The molecule has 80 valence electrons. The molecule has 0 heteroatoms. The number of fused-ring (bicyclic) bond motifs is 1. The van der Waals surface area contributed by atoms with Crippen LogP contribution in [0.5, 0.6) is 0 Å². The van der Waals surface area contributed by atoms with Crippen molar-refractivity contribution in [1.29, 1.82) is 0 Å². The lowest BCUT2D eigenvalue weighted by molar-refractivity contribution is 0.542. The van der Waals surface area contributed by atoms with E-state index in [1.165, 1.54) is 57.8 Å². The monoisotopic (exact) mass is 192 g/mol. The van der Waals surface area contributed by atoms with Gasteiger partial charge in [0, 0.05) is 0 Å². The Labute approximate surface area is 88.8 Å². The van der Waals surface area contributed by atoms with Crippen molar-refractivity contribution in [3.63, 3.8) is 0 Å². The van der Waals surface area contributed by atoms with Crippen LogP contribution in [0, 0.1) is 11.8 Å². The summed E-state index contributed by atoms with van der Waals surface area (Å²) in [4.78, 5) is 0. The van der Waals surface area contributed by atoms with E-state index >= 15 is 0 Å². The van der Waals surface area contributed by atoms with Crippen molar-refractivity contribution >= 4 is 0 Å². The van der Waals surface area contributed by atoms with Gasteiger partial charge in [0.1, 0.15) is 0 Å². The highest BCUT2D eigenvalue weighted by Gasteiger charge is 2.34. The minimum Gasteiger partial charge on any atom is -0.0885 e. The first kappa shape index (κ1) is 10.3. The third-order valence-corrected chi connectivity index (χ3v) is 3.88. The Hall–Kier alpha value is -0.260. The third-order valence-electron chi connectivity index (χ3n) is 3.88. The Morgan fingerprint density at radius 1 is 0.643 bits per heavy atom. The van der Waals surface area contributed by atoms with Gasteiger partial charge < -0.3 is 0 Å². The van der Waals surface area contributed by atoms with Gasteiger partial charge in [0.25, 0.3) is 0 Å².